The Bertz CT molecular complexity index is 1060. The van der Waals surface area contributed by atoms with Gasteiger partial charge in [-0.25, -0.2) is 14.4 Å². The normalized spacial score (nSPS) is 16.9. The van der Waals surface area contributed by atoms with Crippen LogP contribution < -0.4 is 5.32 Å². The van der Waals surface area contributed by atoms with Gasteiger partial charge < -0.3 is 5.32 Å². The fourth-order valence-electron chi connectivity index (χ4n) is 2.87. The molecule has 0 radical (unpaired) electrons. The molecule has 3 aromatic rings. The van der Waals surface area contributed by atoms with Crippen LogP contribution in [0.1, 0.15) is 28.3 Å². The van der Waals surface area contributed by atoms with Gasteiger partial charge in [-0.2, -0.15) is 0 Å². The Morgan fingerprint density at radius 3 is 2.89 bits per heavy atom. The van der Waals surface area contributed by atoms with Crippen LogP contribution in [0.3, 0.4) is 0 Å². The molecule has 1 aliphatic rings. The van der Waals surface area contributed by atoms with E-state index in [-0.39, 0.29) is 10.9 Å². The number of imidazole rings is 1. The molecule has 0 fully saturated rings. The summed E-state index contributed by atoms with van der Waals surface area (Å²) in [4.78, 5) is 25.9. The molecular weight excluding hydrogens is 389 g/mol. The Balaban J connectivity index is 1.86. The Kier molecular flexibility index (Phi) is 4.59. The van der Waals surface area contributed by atoms with E-state index in [0.29, 0.717) is 27.7 Å². The zero-order valence-electron chi connectivity index (χ0n) is 14.1. The van der Waals surface area contributed by atoms with Crippen molar-refractivity contribution in [3.05, 3.63) is 81.2 Å². The first-order valence-corrected chi connectivity index (χ1v) is 9.23. The van der Waals surface area contributed by atoms with E-state index in [1.807, 2.05) is 5.38 Å². The third-order valence-electron chi connectivity index (χ3n) is 4.10. The summed E-state index contributed by atoms with van der Waals surface area (Å²) in [6, 6.07) is 3.36. The molecule has 1 atom stereocenters. The van der Waals surface area contributed by atoms with Crippen LogP contribution in [0.2, 0.25) is 5.02 Å². The molecule has 0 spiro atoms. The molecule has 1 unspecified atom stereocenters. The number of benzene rings is 1. The highest BCUT2D eigenvalue weighted by Crippen LogP contribution is 2.36. The standard InChI is InChI=1S/C18H13ClFN5OS/c1-10-14(18(26)25-6-4-21-9-25)15(12-3-2-11(20)8-13(12)19)24-16(23-10)17-22-5-7-27-17/h2-9,15H,1H3,(H,23,24). The predicted octanol–water partition coefficient (Wildman–Crippen LogP) is 3.84. The van der Waals surface area contributed by atoms with Crippen molar-refractivity contribution in [3.8, 4) is 0 Å². The van der Waals surface area contributed by atoms with E-state index in [4.69, 9.17) is 11.6 Å². The first-order chi connectivity index (χ1) is 13.0. The Morgan fingerprint density at radius 2 is 2.22 bits per heavy atom. The van der Waals surface area contributed by atoms with Crippen molar-refractivity contribution in [2.75, 3.05) is 0 Å². The molecule has 0 aliphatic carbocycles. The molecule has 2 aromatic heterocycles. The van der Waals surface area contributed by atoms with Gasteiger partial charge in [-0.3, -0.25) is 14.4 Å². The number of carbonyl (C=O) groups is 1. The van der Waals surface area contributed by atoms with Gasteiger partial charge >= 0.3 is 0 Å². The average molecular weight is 402 g/mol. The van der Waals surface area contributed by atoms with Gasteiger partial charge in [-0.1, -0.05) is 17.7 Å². The van der Waals surface area contributed by atoms with Gasteiger partial charge in [0.2, 0.25) is 0 Å². The minimum absolute atomic E-state index is 0.202. The minimum Gasteiger partial charge on any atom is -0.341 e. The molecule has 3 heterocycles. The predicted molar refractivity (Wildman–Crippen MR) is 101 cm³/mol. The third kappa shape index (κ3) is 3.29. The lowest BCUT2D eigenvalue weighted by molar-refractivity contribution is 0.0946. The number of aromatic nitrogens is 3. The number of carbonyl (C=O) groups excluding carboxylic acids is 1. The largest absolute Gasteiger partial charge is 0.341 e. The fourth-order valence-corrected chi connectivity index (χ4v) is 3.73. The van der Waals surface area contributed by atoms with Crippen LogP contribution in [-0.4, -0.2) is 26.3 Å². The van der Waals surface area contributed by atoms with Gasteiger partial charge in [0.25, 0.3) is 5.91 Å². The quantitative estimate of drug-likeness (QED) is 0.723. The van der Waals surface area contributed by atoms with Gasteiger partial charge in [0.1, 0.15) is 18.2 Å². The van der Waals surface area contributed by atoms with E-state index < -0.39 is 11.9 Å². The molecule has 1 N–H and O–H groups in total. The van der Waals surface area contributed by atoms with Crippen molar-refractivity contribution in [2.45, 2.75) is 13.0 Å². The first kappa shape index (κ1) is 17.6. The van der Waals surface area contributed by atoms with Crippen LogP contribution in [-0.2, 0) is 0 Å². The highest BCUT2D eigenvalue weighted by atomic mass is 35.5. The van der Waals surface area contributed by atoms with E-state index in [9.17, 15) is 9.18 Å². The van der Waals surface area contributed by atoms with Crippen LogP contribution in [0.5, 0.6) is 0 Å². The number of rotatable bonds is 3. The van der Waals surface area contributed by atoms with Crippen molar-refractivity contribution < 1.29 is 9.18 Å². The Hall–Kier alpha value is -2.84. The first-order valence-electron chi connectivity index (χ1n) is 7.97. The summed E-state index contributed by atoms with van der Waals surface area (Å²) in [5.41, 5.74) is 1.57. The summed E-state index contributed by atoms with van der Waals surface area (Å²) in [6.45, 7) is 1.79. The minimum atomic E-state index is -0.701. The van der Waals surface area contributed by atoms with Crippen LogP contribution in [0.4, 0.5) is 4.39 Å². The van der Waals surface area contributed by atoms with E-state index in [2.05, 4.69) is 20.3 Å². The van der Waals surface area contributed by atoms with Gasteiger partial charge in [0.15, 0.2) is 10.8 Å². The van der Waals surface area contributed by atoms with Crippen LogP contribution in [0.25, 0.3) is 0 Å². The molecule has 1 aromatic carbocycles. The van der Waals surface area contributed by atoms with Crippen LogP contribution >= 0.6 is 22.9 Å². The molecule has 27 heavy (non-hydrogen) atoms. The molecule has 9 heteroatoms. The lowest BCUT2D eigenvalue weighted by Gasteiger charge is -2.26. The molecule has 0 saturated heterocycles. The lowest BCUT2D eigenvalue weighted by atomic mass is 9.95. The monoisotopic (exact) mass is 401 g/mol. The molecule has 136 valence electrons. The number of halogens is 2. The van der Waals surface area contributed by atoms with E-state index in [0.717, 1.165) is 0 Å². The fraction of sp³-hybridized carbons (Fsp3) is 0.111. The summed E-state index contributed by atoms with van der Waals surface area (Å²) in [6.07, 6.45) is 6.18. The SMILES string of the molecule is CC1=C(C(=O)n2ccnc2)C(c2ccc(F)cc2Cl)N=C(c2nccs2)N1. The summed E-state index contributed by atoms with van der Waals surface area (Å²) < 4.78 is 14.9. The van der Waals surface area contributed by atoms with Gasteiger partial charge in [0, 0.05) is 40.3 Å². The summed E-state index contributed by atoms with van der Waals surface area (Å²) >= 11 is 7.70. The molecule has 4 rings (SSSR count). The maximum Gasteiger partial charge on any atom is 0.263 e. The van der Waals surface area contributed by atoms with Gasteiger partial charge in [0.05, 0.1) is 5.57 Å². The Morgan fingerprint density at radius 1 is 1.37 bits per heavy atom. The zero-order chi connectivity index (χ0) is 19.0. The van der Waals surface area contributed by atoms with Crippen molar-refractivity contribution in [3.63, 3.8) is 0 Å². The van der Waals surface area contributed by atoms with Crippen LogP contribution in [0.15, 0.2) is 64.8 Å². The second kappa shape index (κ2) is 7.05. The number of nitrogens with zero attached hydrogens (tertiary/aromatic N) is 4. The summed E-state index contributed by atoms with van der Waals surface area (Å²) in [5, 5.41) is 5.87. The smallest absolute Gasteiger partial charge is 0.263 e. The second-order valence-corrected chi connectivity index (χ2v) is 7.12. The number of amidine groups is 1. The maximum atomic E-state index is 13.5. The summed E-state index contributed by atoms with van der Waals surface area (Å²) in [7, 11) is 0. The molecular formula is C18H13ClFN5OS. The number of hydrogen-bond acceptors (Lipinski definition) is 6. The number of hydrogen-bond donors (Lipinski definition) is 1. The Labute approximate surface area is 163 Å². The number of nitrogens with one attached hydrogen (secondary N) is 1. The molecule has 0 saturated carbocycles. The topological polar surface area (TPSA) is 72.2 Å². The van der Waals surface area contributed by atoms with Crippen molar-refractivity contribution >= 4 is 34.7 Å². The van der Waals surface area contributed by atoms with Gasteiger partial charge in [-0.15, -0.1) is 11.3 Å². The molecule has 6 nitrogen and oxygen atoms in total. The second-order valence-electron chi connectivity index (χ2n) is 5.82. The van der Waals surface area contributed by atoms with Crippen molar-refractivity contribution in [1.82, 2.24) is 19.9 Å². The van der Waals surface area contributed by atoms with E-state index in [1.165, 1.54) is 40.6 Å². The molecule has 0 amide bonds. The number of allylic oxidation sites excluding steroid dienone is 1. The summed E-state index contributed by atoms with van der Waals surface area (Å²) in [5.74, 6) is -0.204. The highest BCUT2D eigenvalue weighted by Gasteiger charge is 2.32. The van der Waals surface area contributed by atoms with E-state index >= 15 is 0 Å². The maximum absolute atomic E-state index is 13.5. The average Bonchev–Trinajstić information content (AvgIpc) is 3.34. The molecule has 0 bridgehead atoms. The number of thiazole rings is 1. The van der Waals surface area contributed by atoms with E-state index in [1.54, 1.807) is 25.4 Å². The highest BCUT2D eigenvalue weighted by molar-refractivity contribution is 7.11. The van der Waals surface area contributed by atoms with Crippen molar-refractivity contribution in [1.29, 1.82) is 0 Å². The zero-order valence-corrected chi connectivity index (χ0v) is 15.6. The van der Waals surface area contributed by atoms with Gasteiger partial charge in [-0.05, 0) is 19.1 Å². The number of aliphatic imine (C=N–C) groups is 1. The third-order valence-corrected chi connectivity index (χ3v) is 5.21. The van der Waals surface area contributed by atoms with Crippen molar-refractivity contribution in [2.24, 2.45) is 4.99 Å². The molecule has 1 aliphatic heterocycles. The lowest BCUT2D eigenvalue weighted by Crippen LogP contribution is -2.33. The van der Waals surface area contributed by atoms with Crippen LogP contribution in [0, 0.1) is 5.82 Å².